The van der Waals surface area contributed by atoms with Crippen molar-refractivity contribution in [3.8, 4) is 0 Å². The molecule has 1 aromatic rings. The van der Waals surface area contributed by atoms with E-state index in [1.165, 1.54) is 0 Å². The zero-order valence-electron chi connectivity index (χ0n) is 28.8. The number of ether oxygens (including phenoxy) is 2. The van der Waals surface area contributed by atoms with E-state index in [0.717, 1.165) is 30.1 Å². The molecule has 1 aliphatic heterocycles. The average molecular weight is 635 g/mol. The normalized spacial score (nSPS) is 34.5. The maximum absolute atomic E-state index is 13.1. The Morgan fingerprint density at radius 3 is 1.95 bits per heavy atom. The van der Waals surface area contributed by atoms with Crippen molar-refractivity contribution >= 4 is 16.6 Å². The van der Waals surface area contributed by atoms with E-state index >= 15 is 0 Å². The molecule has 246 valence electrons. The minimum Gasteiger partial charge on any atom is -0.411 e. The maximum atomic E-state index is 13.1. The molecule has 0 aromatic heterocycles. The summed E-state index contributed by atoms with van der Waals surface area (Å²) in [7, 11) is -4.66. The SMILES string of the molecule is CCC[C@@]12O[C@@H]3CCC(O)[C@@]1(O)[C@@H]3[C@@H](O[Si](CC)(CC)CC)[C@H](OCc1ccccc1)[C@H]2O[Si](C(C)C)(C(C)C)C(C)C. The largest absolute Gasteiger partial charge is 0.411 e. The quantitative estimate of drug-likeness (QED) is 0.191. The van der Waals surface area contributed by atoms with Crippen LogP contribution < -0.4 is 0 Å². The van der Waals surface area contributed by atoms with Gasteiger partial charge < -0.3 is 28.5 Å². The second-order valence-corrected chi connectivity index (χ2v) is 24.8. The number of rotatable bonds is 15. The first-order valence-corrected chi connectivity index (χ1v) is 22.1. The summed E-state index contributed by atoms with van der Waals surface area (Å²) in [6.45, 7) is 23.2. The molecule has 1 unspecified atom stereocenters. The standard InChI is InChI=1S/C35H62O6Si2/c1-11-22-34-33(41-43(24(5)6,25(7)8)26(9)10)32(38-23-27-18-16-15-17-19-27)31(40-42(12-2,13-3)14-4)30-28(39-34)20-21-29(36)35(30,34)37/h15-19,24-26,28-33,36-37H,11-14,20-23H2,1-10H3/t28-,29?,30+,31-,32+,33-,34+,35-/m1/s1. The molecule has 1 saturated heterocycles. The van der Waals surface area contributed by atoms with Gasteiger partial charge in [0.25, 0.3) is 0 Å². The van der Waals surface area contributed by atoms with Gasteiger partial charge in [-0.25, -0.2) is 0 Å². The molecule has 2 saturated carbocycles. The Morgan fingerprint density at radius 1 is 0.860 bits per heavy atom. The fourth-order valence-corrected chi connectivity index (χ4v) is 18.1. The highest BCUT2D eigenvalue weighted by molar-refractivity contribution is 6.77. The van der Waals surface area contributed by atoms with Crippen molar-refractivity contribution in [1.29, 1.82) is 0 Å². The summed E-state index contributed by atoms with van der Waals surface area (Å²) in [6, 6.07) is 13.3. The molecule has 0 spiro atoms. The number of hydrogen-bond acceptors (Lipinski definition) is 6. The molecule has 4 bridgehead atoms. The van der Waals surface area contributed by atoms with Gasteiger partial charge in [-0.05, 0) is 59.6 Å². The molecule has 43 heavy (non-hydrogen) atoms. The Labute approximate surface area is 264 Å². The predicted molar refractivity (Wildman–Crippen MR) is 179 cm³/mol. The molecule has 3 fully saturated rings. The molecule has 8 atom stereocenters. The summed E-state index contributed by atoms with van der Waals surface area (Å²) in [4.78, 5) is 0. The van der Waals surface area contributed by atoms with Crippen molar-refractivity contribution in [3.05, 3.63) is 35.9 Å². The van der Waals surface area contributed by atoms with Crippen LogP contribution in [0.1, 0.15) is 100 Å². The molecule has 1 heterocycles. The fraction of sp³-hybridized carbons (Fsp3) is 0.829. The number of hydrogen-bond donors (Lipinski definition) is 2. The second-order valence-electron chi connectivity index (χ2n) is 14.7. The first-order valence-electron chi connectivity index (χ1n) is 17.4. The molecule has 2 N–H and O–H groups in total. The molecule has 0 radical (unpaired) electrons. The van der Waals surface area contributed by atoms with Crippen LogP contribution in [-0.2, 0) is 24.9 Å². The molecule has 2 aliphatic carbocycles. The minimum atomic E-state index is -2.49. The smallest absolute Gasteiger partial charge is 0.201 e. The number of aliphatic hydroxyl groups excluding tert-OH is 1. The summed E-state index contributed by atoms with van der Waals surface area (Å²) >= 11 is 0. The number of aliphatic hydroxyl groups is 2. The van der Waals surface area contributed by atoms with E-state index in [1.54, 1.807) is 0 Å². The van der Waals surface area contributed by atoms with Crippen molar-refractivity contribution in [2.75, 3.05) is 0 Å². The van der Waals surface area contributed by atoms with Gasteiger partial charge in [0.2, 0.25) is 8.32 Å². The van der Waals surface area contributed by atoms with Gasteiger partial charge >= 0.3 is 0 Å². The van der Waals surface area contributed by atoms with Crippen LogP contribution in [0.2, 0.25) is 34.8 Å². The van der Waals surface area contributed by atoms with Crippen molar-refractivity contribution in [2.45, 2.75) is 178 Å². The van der Waals surface area contributed by atoms with Gasteiger partial charge in [-0.2, -0.15) is 0 Å². The van der Waals surface area contributed by atoms with E-state index in [-0.39, 0.29) is 12.0 Å². The van der Waals surface area contributed by atoms with Gasteiger partial charge in [-0.1, -0.05) is 106 Å². The van der Waals surface area contributed by atoms with E-state index in [4.69, 9.17) is 18.3 Å². The van der Waals surface area contributed by atoms with Crippen LogP contribution in [0.4, 0.5) is 0 Å². The van der Waals surface area contributed by atoms with Crippen LogP contribution in [0.15, 0.2) is 30.3 Å². The molecular formula is C35H62O6Si2. The van der Waals surface area contributed by atoms with Crippen molar-refractivity contribution in [3.63, 3.8) is 0 Å². The Bertz CT molecular complexity index is 1000. The van der Waals surface area contributed by atoms with Crippen LogP contribution in [0, 0.1) is 5.92 Å². The Balaban J connectivity index is 1.96. The maximum Gasteiger partial charge on any atom is 0.201 e. The van der Waals surface area contributed by atoms with Gasteiger partial charge in [0.1, 0.15) is 23.4 Å². The zero-order valence-corrected chi connectivity index (χ0v) is 30.8. The van der Waals surface area contributed by atoms with Crippen LogP contribution in [-0.4, -0.2) is 68.6 Å². The van der Waals surface area contributed by atoms with Gasteiger partial charge in [-0.3, -0.25) is 0 Å². The van der Waals surface area contributed by atoms with Gasteiger partial charge in [0, 0.05) is 5.92 Å². The summed E-state index contributed by atoms with van der Waals surface area (Å²) in [5, 5.41) is 24.9. The Kier molecular flexibility index (Phi) is 11.2. The summed E-state index contributed by atoms with van der Waals surface area (Å²) in [5.41, 5.74) is -0.405. The lowest BCUT2D eigenvalue weighted by atomic mass is 9.56. The molecule has 6 nitrogen and oxygen atoms in total. The van der Waals surface area contributed by atoms with E-state index < -0.39 is 52.3 Å². The molecule has 3 aliphatic rings. The lowest BCUT2D eigenvalue weighted by molar-refractivity contribution is -0.282. The van der Waals surface area contributed by atoms with E-state index in [2.05, 4.69) is 81.4 Å². The lowest BCUT2D eigenvalue weighted by Crippen LogP contribution is -2.79. The molecular weight excluding hydrogens is 573 g/mol. The third kappa shape index (κ3) is 5.68. The first kappa shape index (κ1) is 35.3. The van der Waals surface area contributed by atoms with Crippen molar-refractivity contribution in [1.82, 2.24) is 0 Å². The molecule has 0 amide bonds. The monoisotopic (exact) mass is 634 g/mol. The summed E-state index contributed by atoms with van der Waals surface area (Å²) in [5.74, 6) is -0.367. The molecule has 4 rings (SSSR count). The third-order valence-electron chi connectivity index (χ3n) is 11.9. The molecule has 8 heteroatoms. The predicted octanol–water partition coefficient (Wildman–Crippen LogP) is 7.98. The van der Waals surface area contributed by atoms with E-state index in [0.29, 0.717) is 42.5 Å². The summed E-state index contributed by atoms with van der Waals surface area (Å²) < 4.78 is 29.5. The highest BCUT2D eigenvalue weighted by Crippen LogP contribution is 2.63. The first-order chi connectivity index (χ1) is 20.3. The van der Waals surface area contributed by atoms with Gasteiger partial charge in [0.15, 0.2) is 8.32 Å². The number of benzene rings is 1. The fourth-order valence-electron chi connectivity index (χ4n) is 9.63. The van der Waals surface area contributed by atoms with E-state index in [9.17, 15) is 10.2 Å². The Hall–Kier alpha value is -0.586. The van der Waals surface area contributed by atoms with Gasteiger partial charge in [-0.15, -0.1) is 0 Å². The van der Waals surface area contributed by atoms with E-state index in [1.807, 2.05) is 18.2 Å². The third-order valence-corrected chi connectivity index (χ3v) is 22.6. The van der Waals surface area contributed by atoms with Gasteiger partial charge in [0.05, 0.1) is 24.9 Å². The van der Waals surface area contributed by atoms with Crippen molar-refractivity contribution < 1.29 is 28.5 Å². The highest BCUT2D eigenvalue weighted by atomic mass is 28.4. The zero-order chi connectivity index (χ0) is 31.8. The second kappa shape index (κ2) is 13.6. The van der Waals surface area contributed by atoms with Crippen LogP contribution in [0.3, 0.4) is 0 Å². The average Bonchev–Trinajstić information content (AvgIpc) is 3.09. The van der Waals surface area contributed by atoms with Crippen LogP contribution in [0.5, 0.6) is 0 Å². The van der Waals surface area contributed by atoms with Crippen LogP contribution >= 0.6 is 0 Å². The topological polar surface area (TPSA) is 77.4 Å². The minimum absolute atomic E-state index is 0.202. The Morgan fingerprint density at radius 2 is 1.44 bits per heavy atom. The highest BCUT2D eigenvalue weighted by Gasteiger charge is 2.80. The summed E-state index contributed by atoms with van der Waals surface area (Å²) in [6.07, 6.45) is 0.138. The van der Waals surface area contributed by atoms with Crippen LogP contribution in [0.25, 0.3) is 0 Å². The lowest BCUT2D eigenvalue weighted by Gasteiger charge is -2.61. The van der Waals surface area contributed by atoms with Crippen molar-refractivity contribution in [2.24, 2.45) is 5.92 Å². The molecule has 1 aromatic carbocycles.